The molecule has 0 radical (unpaired) electrons. The van der Waals surface area contributed by atoms with Crippen LogP contribution < -0.4 is 0 Å². The first-order valence-electron chi connectivity index (χ1n) is 5.67. The van der Waals surface area contributed by atoms with Crippen LogP contribution in [0.5, 0.6) is 0 Å². The Balaban J connectivity index is 1.74. The van der Waals surface area contributed by atoms with Gasteiger partial charge in [0.25, 0.3) is 0 Å². The summed E-state index contributed by atoms with van der Waals surface area (Å²) in [5.74, 6) is 3.54. The predicted molar refractivity (Wildman–Crippen MR) is 51.6 cm³/mol. The van der Waals surface area contributed by atoms with E-state index in [0.29, 0.717) is 5.92 Å². The number of nitrogens with one attached hydrogen (secondary N) is 1. The Morgan fingerprint density at radius 2 is 1.79 bits per heavy atom. The van der Waals surface area contributed by atoms with Crippen LogP contribution in [0, 0.1) is 11.8 Å². The molecule has 0 aliphatic heterocycles. The van der Waals surface area contributed by atoms with Gasteiger partial charge in [0.05, 0.1) is 0 Å². The van der Waals surface area contributed by atoms with Gasteiger partial charge in [0.1, 0.15) is 0 Å². The van der Waals surface area contributed by atoms with Crippen molar-refractivity contribution in [2.24, 2.45) is 11.8 Å². The van der Waals surface area contributed by atoms with Gasteiger partial charge in [-0.25, -0.2) is 5.10 Å². The first kappa shape index (κ1) is 8.38. The molecule has 1 aromatic rings. The summed E-state index contributed by atoms with van der Waals surface area (Å²) in [7, 11) is 0. The molecule has 3 rings (SSSR count). The van der Waals surface area contributed by atoms with Crippen LogP contribution in [-0.4, -0.2) is 20.6 Å². The average molecular weight is 192 g/mol. The van der Waals surface area contributed by atoms with Crippen molar-refractivity contribution in [1.29, 1.82) is 0 Å². The number of rotatable bonds is 1. The lowest BCUT2D eigenvalue weighted by molar-refractivity contribution is 0.277. The standard InChI is InChI=1S/C10H16N4/c1-2-4-8-6-9(5-7(8)3-1)10-11-13-14-12-10/h7-9H,1-6H2,(H,11,12,13,14). The fourth-order valence-corrected chi connectivity index (χ4v) is 3.29. The number of H-pyrrole nitrogens is 1. The molecule has 0 saturated heterocycles. The van der Waals surface area contributed by atoms with Crippen molar-refractivity contribution in [3.8, 4) is 0 Å². The molecular formula is C10H16N4. The molecule has 2 atom stereocenters. The Hall–Kier alpha value is -0.930. The first-order valence-corrected chi connectivity index (χ1v) is 5.67. The van der Waals surface area contributed by atoms with E-state index in [-0.39, 0.29) is 0 Å². The van der Waals surface area contributed by atoms with Crippen LogP contribution in [0.2, 0.25) is 0 Å². The smallest absolute Gasteiger partial charge is 0.151 e. The third-order valence-electron chi connectivity index (χ3n) is 3.99. The molecule has 0 aromatic carbocycles. The molecule has 1 heterocycles. The molecule has 4 heteroatoms. The van der Waals surface area contributed by atoms with E-state index in [0.717, 1.165) is 17.7 Å². The van der Waals surface area contributed by atoms with Gasteiger partial charge >= 0.3 is 0 Å². The Bertz CT molecular complexity index is 281. The largest absolute Gasteiger partial charge is 0.243 e. The van der Waals surface area contributed by atoms with Crippen molar-refractivity contribution in [2.45, 2.75) is 44.4 Å². The van der Waals surface area contributed by atoms with E-state index in [1.165, 1.54) is 38.5 Å². The second-order valence-electron chi connectivity index (χ2n) is 4.76. The van der Waals surface area contributed by atoms with Gasteiger partial charge in [0.15, 0.2) is 5.82 Å². The summed E-state index contributed by atoms with van der Waals surface area (Å²) in [4.78, 5) is 0. The number of fused-ring (bicyclic) bond motifs is 1. The Labute approximate surface area is 83.5 Å². The third kappa shape index (κ3) is 1.33. The lowest BCUT2D eigenvalue weighted by Gasteiger charge is -2.24. The SMILES string of the molecule is C1CCC2CC(c3nnn[nH]3)CC2C1. The minimum absolute atomic E-state index is 0.609. The summed E-state index contributed by atoms with van der Waals surface area (Å²) in [5.41, 5.74) is 0. The highest BCUT2D eigenvalue weighted by molar-refractivity contribution is 5.00. The molecule has 2 unspecified atom stereocenters. The van der Waals surface area contributed by atoms with Crippen LogP contribution in [-0.2, 0) is 0 Å². The molecule has 14 heavy (non-hydrogen) atoms. The van der Waals surface area contributed by atoms with Gasteiger partial charge in [-0.2, -0.15) is 0 Å². The van der Waals surface area contributed by atoms with Crippen molar-refractivity contribution < 1.29 is 0 Å². The third-order valence-corrected chi connectivity index (χ3v) is 3.99. The van der Waals surface area contributed by atoms with E-state index in [1.54, 1.807) is 0 Å². The van der Waals surface area contributed by atoms with E-state index in [1.807, 2.05) is 0 Å². The fourth-order valence-electron chi connectivity index (χ4n) is 3.29. The second kappa shape index (κ2) is 3.33. The first-order chi connectivity index (χ1) is 6.93. The molecule has 4 nitrogen and oxygen atoms in total. The van der Waals surface area contributed by atoms with Gasteiger partial charge in [-0.05, 0) is 35.1 Å². The summed E-state index contributed by atoms with van der Waals surface area (Å²) in [6, 6.07) is 0. The van der Waals surface area contributed by atoms with Crippen molar-refractivity contribution in [1.82, 2.24) is 20.6 Å². The fraction of sp³-hybridized carbons (Fsp3) is 0.900. The quantitative estimate of drug-likeness (QED) is 0.739. The van der Waals surface area contributed by atoms with Crippen LogP contribution in [0.3, 0.4) is 0 Å². The van der Waals surface area contributed by atoms with Crippen LogP contribution in [0.1, 0.15) is 50.3 Å². The summed E-state index contributed by atoms with van der Waals surface area (Å²) in [6.07, 6.45) is 8.35. The molecule has 2 saturated carbocycles. The highest BCUT2D eigenvalue weighted by atomic mass is 15.5. The second-order valence-corrected chi connectivity index (χ2v) is 4.76. The number of nitrogens with zero attached hydrogens (tertiary/aromatic N) is 3. The molecule has 1 N–H and O–H groups in total. The summed E-state index contributed by atoms with van der Waals surface area (Å²) >= 11 is 0. The van der Waals surface area contributed by atoms with Gasteiger partial charge in [0.2, 0.25) is 0 Å². The van der Waals surface area contributed by atoms with Gasteiger partial charge in [-0.15, -0.1) is 5.10 Å². The zero-order chi connectivity index (χ0) is 9.38. The molecule has 2 fully saturated rings. The van der Waals surface area contributed by atoms with Crippen molar-refractivity contribution >= 4 is 0 Å². The molecule has 1 aromatic heterocycles. The van der Waals surface area contributed by atoms with E-state index < -0.39 is 0 Å². The maximum atomic E-state index is 4.04. The van der Waals surface area contributed by atoms with Crippen molar-refractivity contribution in [3.63, 3.8) is 0 Å². The van der Waals surface area contributed by atoms with Gasteiger partial charge < -0.3 is 0 Å². The number of aromatic amines is 1. The lowest BCUT2D eigenvalue weighted by Crippen LogP contribution is -2.12. The van der Waals surface area contributed by atoms with E-state index >= 15 is 0 Å². The molecule has 2 aliphatic carbocycles. The number of tetrazole rings is 1. The van der Waals surface area contributed by atoms with Gasteiger partial charge in [-0.3, -0.25) is 0 Å². The number of hydrogen-bond donors (Lipinski definition) is 1. The van der Waals surface area contributed by atoms with E-state index in [9.17, 15) is 0 Å². The summed E-state index contributed by atoms with van der Waals surface area (Å²) in [5, 5.41) is 14.3. The summed E-state index contributed by atoms with van der Waals surface area (Å²) in [6.45, 7) is 0. The van der Waals surface area contributed by atoms with Crippen LogP contribution >= 0.6 is 0 Å². The van der Waals surface area contributed by atoms with Crippen molar-refractivity contribution in [3.05, 3.63) is 5.82 Å². The summed E-state index contributed by atoms with van der Waals surface area (Å²) < 4.78 is 0. The predicted octanol–water partition coefficient (Wildman–Crippen LogP) is 1.88. The molecule has 0 bridgehead atoms. The monoisotopic (exact) mass is 192 g/mol. The van der Waals surface area contributed by atoms with E-state index in [4.69, 9.17) is 0 Å². The van der Waals surface area contributed by atoms with Crippen LogP contribution in [0.15, 0.2) is 0 Å². The topological polar surface area (TPSA) is 54.5 Å². The Kier molecular flexibility index (Phi) is 2.00. The lowest BCUT2D eigenvalue weighted by atomic mass is 9.82. The zero-order valence-electron chi connectivity index (χ0n) is 8.32. The number of hydrogen-bond acceptors (Lipinski definition) is 3. The molecular weight excluding hydrogens is 176 g/mol. The molecule has 0 amide bonds. The maximum absolute atomic E-state index is 4.04. The minimum atomic E-state index is 0.609. The molecule has 76 valence electrons. The Morgan fingerprint density at radius 1 is 1.07 bits per heavy atom. The highest BCUT2D eigenvalue weighted by Gasteiger charge is 2.37. The van der Waals surface area contributed by atoms with Crippen molar-refractivity contribution in [2.75, 3.05) is 0 Å². The average Bonchev–Trinajstić information content (AvgIpc) is 2.86. The normalized spacial score (nSPS) is 37.0. The molecule has 2 aliphatic rings. The van der Waals surface area contributed by atoms with E-state index in [2.05, 4.69) is 20.6 Å². The van der Waals surface area contributed by atoms with Gasteiger partial charge in [-0.1, -0.05) is 25.7 Å². The minimum Gasteiger partial charge on any atom is -0.243 e. The van der Waals surface area contributed by atoms with Gasteiger partial charge in [0, 0.05) is 5.92 Å². The van der Waals surface area contributed by atoms with Crippen LogP contribution in [0.25, 0.3) is 0 Å². The maximum Gasteiger partial charge on any atom is 0.151 e. The number of aromatic nitrogens is 4. The van der Waals surface area contributed by atoms with Crippen LogP contribution in [0.4, 0.5) is 0 Å². The molecule has 0 spiro atoms. The zero-order valence-corrected chi connectivity index (χ0v) is 8.32. The highest BCUT2D eigenvalue weighted by Crippen LogP contribution is 2.47. The Morgan fingerprint density at radius 3 is 2.36 bits per heavy atom.